The van der Waals surface area contributed by atoms with Crippen molar-refractivity contribution < 1.29 is 18.9 Å². The van der Waals surface area contributed by atoms with E-state index in [-0.39, 0.29) is 17.9 Å². The van der Waals surface area contributed by atoms with Crippen LogP contribution in [0.3, 0.4) is 0 Å². The largest absolute Gasteiger partial charge is 0.463 e. The molecule has 0 saturated carbocycles. The number of hydrogen-bond acceptors (Lipinski definition) is 9. The number of anilines is 1. The van der Waals surface area contributed by atoms with Crippen LogP contribution < -0.4 is 19.8 Å². The summed E-state index contributed by atoms with van der Waals surface area (Å²) in [5.41, 5.74) is 2.34. The molecule has 0 amide bonds. The van der Waals surface area contributed by atoms with Crippen molar-refractivity contribution in [1.82, 2.24) is 4.57 Å². The topological polar surface area (TPSA) is 120 Å². The molecule has 0 fully saturated rings. The van der Waals surface area contributed by atoms with E-state index in [4.69, 9.17) is 9.15 Å². The Bertz CT molecular complexity index is 1880. The van der Waals surface area contributed by atoms with Crippen molar-refractivity contribution in [2.45, 2.75) is 19.9 Å². The van der Waals surface area contributed by atoms with Crippen LogP contribution in [-0.4, -0.2) is 36.2 Å². The number of furan rings is 1. The molecule has 1 atom stereocenters. The third kappa shape index (κ3) is 5.40. The van der Waals surface area contributed by atoms with Gasteiger partial charge in [-0.1, -0.05) is 39.4 Å². The lowest BCUT2D eigenvalue weighted by Crippen LogP contribution is -2.39. The SMILES string of the molecule is CCOC(=O)C1=C(C)N=c2s/c(=C\c3ccc(-c4ccc(Br)cc4[N+](=O)[O-])o3)c(=O)n2[C@H]1c1ccc(N(C)C)cc1. The summed E-state index contributed by atoms with van der Waals surface area (Å²) in [7, 11) is 3.86. The summed E-state index contributed by atoms with van der Waals surface area (Å²) in [5, 5.41) is 11.6. The van der Waals surface area contributed by atoms with Crippen LogP contribution in [0.15, 0.2) is 84.5 Å². The minimum Gasteiger partial charge on any atom is -0.463 e. The molecule has 0 aliphatic carbocycles. The molecule has 0 radical (unpaired) electrons. The van der Waals surface area contributed by atoms with Crippen LogP contribution in [0.25, 0.3) is 17.4 Å². The van der Waals surface area contributed by atoms with Crippen LogP contribution in [0.5, 0.6) is 0 Å². The first kappa shape index (κ1) is 28.2. The van der Waals surface area contributed by atoms with E-state index in [0.29, 0.717) is 42.2 Å². The number of benzene rings is 2. The molecule has 2 aromatic heterocycles. The molecule has 0 N–H and O–H groups in total. The highest BCUT2D eigenvalue weighted by Gasteiger charge is 2.33. The molecule has 12 heteroatoms. The third-order valence-corrected chi connectivity index (χ3v) is 8.04. The minimum atomic E-state index is -0.735. The first-order chi connectivity index (χ1) is 19.6. The molecular weight excluding hydrogens is 612 g/mol. The summed E-state index contributed by atoms with van der Waals surface area (Å²) in [6, 6.07) is 14.9. The van der Waals surface area contributed by atoms with E-state index < -0.39 is 16.9 Å². The number of fused-ring (bicyclic) bond motifs is 1. The Kier molecular flexibility index (Phi) is 7.78. The van der Waals surface area contributed by atoms with Gasteiger partial charge in [0, 0.05) is 36.4 Å². The van der Waals surface area contributed by atoms with E-state index in [9.17, 15) is 19.7 Å². The van der Waals surface area contributed by atoms with Gasteiger partial charge < -0.3 is 14.1 Å². The van der Waals surface area contributed by atoms with Crippen LogP contribution in [0, 0.1) is 10.1 Å². The summed E-state index contributed by atoms with van der Waals surface area (Å²) in [5.74, 6) is 0.106. The fraction of sp³-hybridized carbons (Fsp3) is 0.207. The first-order valence-corrected chi connectivity index (χ1v) is 14.2. The summed E-state index contributed by atoms with van der Waals surface area (Å²) >= 11 is 4.43. The number of hydrogen-bond donors (Lipinski definition) is 0. The smallest absolute Gasteiger partial charge is 0.338 e. The molecule has 0 saturated heterocycles. The average molecular weight is 638 g/mol. The Hall–Kier alpha value is -4.29. The van der Waals surface area contributed by atoms with Crippen molar-refractivity contribution in [3.05, 3.63) is 111 Å². The van der Waals surface area contributed by atoms with Gasteiger partial charge in [0.05, 0.1) is 38.9 Å². The molecule has 10 nitrogen and oxygen atoms in total. The Balaban J connectivity index is 1.63. The highest BCUT2D eigenvalue weighted by Crippen LogP contribution is 2.34. The molecule has 0 spiro atoms. The second kappa shape index (κ2) is 11.3. The quantitative estimate of drug-likeness (QED) is 0.162. The zero-order valence-electron chi connectivity index (χ0n) is 22.6. The van der Waals surface area contributed by atoms with Gasteiger partial charge in [0.2, 0.25) is 0 Å². The van der Waals surface area contributed by atoms with Gasteiger partial charge in [-0.2, -0.15) is 0 Å². The number of carbonyl (C=O) groups is 1. The summed E-state index contributed by atoms with van der Waals surface area (Å²) in [6.45, 7) is 3.64. The number of carbonyl (C=O) groups excluding carboxylic acids is 1. The lowest BCUT2D eigenvalue weighted by Gasteiger charge is -2.25. The molecule has 1 aliphatic rings. The predicted molar refractivity (Wildman–Crippen MR) is 160 cm³/mol. The Labute approximate surface area is 246 Å². The van der Waals surface area contributed by atoms with Crippen LogP contribution >= 0.6 is 27.3 Å². The zero-order valence-corrected chi connectivity index (χ0v) is 25.0. The van der Waals surface area contributed by atoms with Gasteiger partial charge in [-0.15, -0.1) is 0 Å². The Morgan fingerprint density at radius 3 is 2.61 bits per heavy atom. The predicted octanol–water partition coefficient (Wildman–Crippen LogP) is 4.80. The number of nitro benzene ring substituents is 1. The monoisotopic (exact) mass is 636 g/mol. The number of halogens is 1. The highest BCUT2D eigenvalue weighted by atomic mass is 79.9. The van der Waals surface area contributed by atoms with Gasteiger partial charge in [0.25, 0.3) is 11.2 Å². The van der Waals surface area contributed by atoms with Gasteiger partial charge in [-0.25, -0.2) is 9.79 Å². The minimum absolute atomic E-state index is 0.109. The Morgan fingerprint density at radius 2 is 1.95 bits per heavy atom. The molecule has 41 heavy (non-hydrogen) atoms. The van der Waals surface area contributed by atoms with Crippen LogP contribution in [-0.2, 0) is 9.53 Å². The lowest BCUT2D eigenvalue weighted by atomic mass is 9.95. The number of aromatic nitrogens is 1. The van der Waals surface area contributed by atoms with Crippen molar-refractivity contribution in [3.63, 3.8) is 0 Å². The molecule has 210 valence electrons. The summed E-state index contributed by atoms with van der Waals surface area (Å²) in [6.07, 6.45) is 1.58. The van der Waals surface area contributed by atoms with Crippen molar-refractivity contribution >= 4 is 50.7 Å². The van der Waals surface area contributed by atoms with Crippen molar-refractivity contribution in [3.8, 4) is 11.3 Å². The molecule has 2 aromatic carbocycles. The maximum Gasteiger partial charge on any atom is 0.338 e. The second-order valence-corrected chi connectivity index (χ2v) is 11.3. The van der Waals surface area contributed by atoms with Crippen LogP contribution in [0.2, 0.25) is 0 Å². The zero-order chi connectivity index (χ0) is 29.4. The number of esters is 1. The lowest BCUT2D eigenvalue weighted by molar-refractivity contribution is -0.384. The van der Waals surface area contributed by atoms with Crippen molar-refractivity contribution in [2.24, 2.45) is 4.99 Å². The number of allylic oxidation sites excluding steroid dienone is 1. The molecule has 3 heterocycles. The highest BCUT2D eigenvalue weighted by molar-refractivity contribution is 9.10. The summed E-state index contributed by atoms with van der Waals surface area (Å²) < 4.78 is 13.7. The van der Waals surface area contributed by atoms with E-state index in [0.717, 1.165) is 11.3 Å². The average Bonchev–Trinajstić information content (AvgIpc) is 3.52. The van der Waals surface area contributed by atoms with E-state index in [2.05, 4.69) is 20.9 Å². The van der Waals surface area contributed by atoms with Crippen molar-refractivity contribution in [1.29, 1.82) is 0 Å². The molecule has 1 aliphatic heterocycles. The van der Waals surface area contributed by atoms with Crippen LogP contribution in [0.1, 0.15) is 31.2 Å². The number of nitro groups is 1. The van der Waals surface area contributed by atoms with Gasteiger partial charge in [0.1, 0.15) is 11.5 Å². The van der Waals surface area contributed by atoms with Crippen LogP contribution in [0.4, 0.5) is 11.4 Å². The molecular formula is C29H25BrN4O6S. The maximum absolute atomic E-state index is 13.8. The molecule has 0 unspecified atom stereocenters. The van der Waals surface area contributed by atoms with Gasteiger partial charge in [-0.05, 0) is 55.8 Å². The van der Waals surface area contributed by atoms with E-state index in [1.54, 1.807) is 44.2 Å². The molecule has 0 bridgehead atoms. The first-order valence-electron chi connectivity index (χ1n) is 12.6. The van der Waals surface area contributed by atoms with E-state index in [1.165, 1.54) is 22.0 Å². The van der Waals surface area contributed by atoms with E-state index >= 15 is 0 Å². The number of thiazole rings is 1. The van der Waals surface area contributed by atoms with Gasteiger partial charge >= 0.3 is 5.97 Å². The maximum atomic E-state index is 13.8. The third-order valence-electron chi connectivity index (χ3n) is 6.56. The van der Waals surface area contributed by atoms with Gasteiger partial charge in [-0.3, -0.25) is 19.5 Å². The van der Waals surface area contributed by atoms with Gasteiger partial charge in [0.15, 0.2) is 4.80 Å². The fourth-order valence-corrected chi connectivity index (χ4v) is 6.01. The summed E-state index contributed by atoms with van der Waals surface area (Å²) in [4.78, 5) is 45.0. The standard InChI is InChI=1S/C29H25BrN4O6S/c1-5-39-28(36)25-16(2)31-29-33(26(25)17-6-9-19(10-7-17)32(3)4)27(35)24(41-29)15-20-11-13-23(40-20)21-12-8-18(30)14-22(21)34(37)38/h6-15,26H,5H2,1-4H3/b24-15-/t26-/m0/s1. The Morgan fingerprint density at radius 1 is 1.22 bits per heavy atom. The molecule has 4 aromatic rings. The number of rotatable bonds is 7. The van der Waals surface area contributed by atoms with E-state index in [1.807, 2.05) is 43.3 Å². The fourth-order valence-electron chi connectivity index (χ4n) is 4.63. The van der Waals surface area contributed by atoms with Crippen molar-refractivity contribution in [2.75, 3.05) is 25.6 Å². The number of ether oxygens (including phenoxy) is 1. The molecule has 5 rings (SSSR count). The normalized spacial score (nSPS) is 15.0. The number of nitrogens with zero attached hydrogens (tertiary/aromatic N) is 4. The second-order valence-electron chi connectivity index (χ2n) is 9.41.